The number of nitrogens with zero attached hydrogens (tertiary/aromatic N) is 3. The number of benzene rings is 1. The summed E-state index contributed by atoms with van der Waals surface area (Å²) in [6.07, 6.45) is 2.31. The first-order valence-corrected chi connectivity index (χ1v) is 13.3. The van der Waals surface area contributed by atoms with Gasteiger partial charge in [0.1, 0.15) is 10.6 Å². The molecule has 0 aliphatic carbocycles. The van der Waals surface area contributed by atoms with Gasteiger partial charge in [-0.25, -0.2) is 17.8 Å². The normalized spacial score (nSPS) is 16.2. The van der Waals surface area contributed by atoms with Crippen LogP contribution in [0.2, 0.25) is 0 Å². The van der Waals surface area contributed by atoms with E-state index >= 15 is 0 Å². The maximum Gasteiger partial charge on any atom is 0.272 e. The second-order valence-electron chi connectivity index (χ2n) is 9.59. The Balaban J connectivity index is 2.02. The lowest BCUT2D eigenvalue weighted by atomic mass is 10.1. The minimum Gasteiger partial charge on any atom is -0.438 e. The van der Waals surface area contributed by atoms with Crippen LogP contribution in [0, 0.1) is 17.0 Å². The minimum absolute atomic E-state index is 0.0434. The monoisotopic (exact) mass is 523 g/mol. The molecule has 1 aromatic carbocycles. The smallest absolute Gasteiger partial charge is 0.272 e. The van der Waals surface area contributed by atoms with Crippen molar-refractivity contribution < 1.29 is 27.6 Å². The number of amides is 1. The van der Waals surface area contributed by atoms with Gasteiger partial charge in [0.25, 0.3) is 11.6 Å². The van der Waals surface area contributed by atoms with Crippen molar-refractivity contribution in [2.24, 2.45) is 0 Å². The molecule has 36 heavy (non-hydrogen) atoms. The topological polar surface area (TPSA) is 155 Å². The maximum atomic E-state index is 13.0. The van der Waals surface area contributed by atoms with Crippen molar-refractivity contribution in [3.05, 3.63) is 39.6 Å². The second kappa shape index (κ2) is 10.9. The van der Waals surface area contributed by atoms with Crippen LogP contribution in [0.25, 0.3) is 0 Å². The Morgan fingerprint density at radius 3 is 2.67 bits per heavy atom. The molecule has 2 heterocycles. The van der Waals surface area contributed by atoms with E-state index in [-0.39, 0.29) is 34.9 Å². The number of nitro benzene ring substituents is 1. The second-order valence-corrected chi connectivity index (χ2v) is 11.3. The molecule has 2 N–H and O–H groups in total. The zero-order valence-corrected chi connectivity index (χ0v) is 22.0. The van der Waals surface area contributed by atoms with Gasteiger partial charge in [-0.15, -0.1) is 0 Å². The quantitative estimate of drug-likeness (QED) is 0.355. The number of rotatable bonds is 10. The number of sulfonamides is 1. The van der Waals surface area contributed by atoms with E-state index in [0.29, 0.717) is 25.1 Å². The van der Waals surface area contributed by atoms with E-state index in [1.54, 1.807) is 13.8 Å². The predicted molar refractivity (Wildman–Crippen MR) is 132 cm³/mol. The van der Waals surface area contributed by atoms with Gasteiger partial charge in [0.15, 0.2) is 5.69 Å². The fourth-order valence-corrected chi connectivity index (χ4v) is 4.97. The summed E-state index contributed by atoms with van der Waals surface area (Å²) >= 11 is 0. The van der Waals surface area contributed by atoms with Gasteiger partial charge in [0, 0.05) is 37.4 Å². The van der Waals surface area contributed by atoms with E-state index < -0.39 is 32.1 Å². The highest BCUT2D eigenvalue weighted by atomic mass is 32.2. The molecule has 3 rings (SSSR count). The third kappa shape index (κ3) is 6.20. The first kappa shape index (κ1) is 27.6. The van der Waals surface area contributed by atoms with Crippen LogP contribution < -0.4 is 14.8 Å². The first-order valence-electron chi connectivity index (χ1n) is 11.8. The summed E-state index contributed by atoms with van der Waals surface area (Å²) in [5.41, 5.74) is -0.492. The first-order chi connectivity index (χ1) is 16.8. The summed E-state index contributed by atoms with van der Waals surface area (Å²) in [4.78, 5) is 23.2. The highest BCUT2D eigenvalue weighted by Crippen LogP contribution is 2.36. The van der Waals surface area contributed by atoms with Crippen molar-refractivity contribution in [1.29, 1.82) is 0 Å². The molecular weight excluding hydrogens is 490 g/mol. The summed E-state index contributed by atoms with van der Waals surface area (Å²) in [5.74, 6) is -0.369. The summed E-state index contributed by atoms with van der Waals surface area (Å²) in [6, 6.07) is 3.35. The SMILES string of the molecule is CCCNS(=O)(=O)c1cc([N+](=O)[O-])ccc1Oc1c(C)c(C(=O)NCC2CCCO2)nn1C(C)(C)C. The molecule has 12 nitrogen and oxygen atoms in total. The summed E-state index contributed by atoms with van der Waals surface area (Å²) < 4.78 is 41.4. The van der Waals surface area contributed by atoms with E-state index in [2.05, 4.69) is 15.1 Å². The summed E-state index contributed by atoms with van der Waals surface area (Å²) in [7, 11) is -4.12. The average Bonchev–Trinajstić information content (AvgIpc) is 3.44. The molecule has 0 saturated carbocycles. The zero-order valence-electron chi connectivity index (χ0n) is 21.2. The molecule has 1 fully saturated rings. The minimum atomic E-state index is -4.12. The molecular formula is C23H33N5O7S. The van der Waals surface area contributed by atoms with E-state index in [1.165, 1.54) is 10.7 Å². The third-order valence-electron chi connectivity index (χ3n) is 5.61. The largest absolute Gasteiger partial charge is 0.438 e. The van der Waals surface area contributed by atoms with Crippen molar-refractivity contribution in [3.63, 3.8) is 0 Å². The summed E-state index contributed by atoms with van der Waals surface area (Å²) in [6.45, 7) is 10.2. The van der Waals surface area contributed by atoms with Crippen LogP contribution in [0.15, 0.2) is 23.1 Å². The Hall–Kier alpha value is -3.03. The zero-order chi connectivity index (χ0) is 26.7. The molecule has 0 spiro atoms. The molecule has 1 aromatic heterocycles. The maximum absolute atomic E-state index is 13.0. The number of carbonyl (C=O) groups is 1. The van der Waals surface area contributed by atoms with Crippen LogP contribution in [-0.4, -0.2) is 54.8 Å². The van der Waals surface area contributed by atoms with Crippen molar-refractivity contribution >= 4 is 21.6 Å². The number of ether oxygens (including phenoxy) is 2. The molecule has 13 heteroatoms. The molecule has 1 aliphatic rings. The van der Waals surface area contributed by atoms with Crippen LogP contribution in [0.5, 0.6) is 11.6 Å². The van der Waals surface area contributed by atoms with Gasteiger partial charge in [-0.2, -0.15) is 5.10 Å². The van der Waals surface area contributed by atoms with Gasteiger partial charge in [-0.3, -0.25) is 14.9 Å². The molecule has 0 radical (unpaired) electrons. The van der Waals surface area contributed by atoms with E-state index in [9.17, 15) is 23.3 Å². The van der Waals surface area contributed by atoms with Crippen LogP contribution in [0.3, 0.4) is 0 Å². The molecule has 198 valence electrons. The standard InChI is InChI=1S/C23H33N5O7S/c1-6-11-25-36(32,33)19-13-16(28(30)31)9-10-18(19)35-22-15(2)20(26-27(22)23(3,4)5)21(29)24-14-17-8-7-12-34-17/h9-10,13,17,25H,6-8,11-12,14H2,1-5H3,(H,24,29). The number of carbonyl (C=O) groups excluding carboxylic acids is 1. The number of nitro groups is 1. The third-order valence-corrected chi connectivity index (χ3v) is 7.09. The van der Waals surface area contributed by atoms with Crippen LogP contribution >= 0.6 is 0 Å². The van der Waals surface area contributed by atoms with Gasteiger partial charge in [-0.1, -0.05) is 6.92 Å². The van der Waals surface area contributed by atoms with Crippen molar-refractivity contribution in [2.75, 3.05) is 19.7 Å². The molecule has 2 aromatic rings. The van der Waals surface area contributed by atoms with Crippen molar-refractivity contribution in [1.82, 2.24) is 19.8 Å². The fourth-order valence-electron chi connectivity index (χ4n) is 3.69. The molecule has 1 amide bonds. The Bertz CT molecular complexity index is 1230. The number of aromatic nitrogens is 2. The van der Waals surface area contributed by atoms with Crippen LogP contribution in [0.4, 0.5) is 5.69 Å². The van der Waals surface area contributed by atoms with Gasteiger partial charge < -0.3 is 14.8 Å². The average molecular weight is 524 g/mol. The van der Waals surface area contributed by atoms with Gasteiger partial charge in [0.05, 0.1) is 16.6 Å². The molecule has 1 saturated heterocycles. The van der Waals surface area contributed by atoms with E-state index in [1.807, 2.05) is 20.8 Å². The molecule has 0 bridgehead atoms. The van der Waals surface area contributed by atoms with Crippen molar-refractivity contribution in [2.45, 2.75) is 70.4 Å². The van der Waals surface area contributed by atoms with Gasteiger partial charge >= 0.3 is 0 Å². The number of non-ortho nitro benzene ring substituents is 1. The molecule has 1 atom stereocenters. The van der Waals surface area contributed by atoms with Gasteiger partial charge in [0.2, 0.25) is 15.9 Å². The molecule has 1 aliphatic heterocycles. The number of nitrogens with one attached hydrogen (secondary N) is 2. The Morgan fingerprint density at radius 2 is 2.08 bits per heavy atom. The predicted octanol–water partition coefficient (Wildman–Crippen LogP) is 3.24. The lowest BCUT2D eigenvalue weighted by Gasteiger charge is -2.22. The lowest BCUT2D eigenvalue weighted by Crippen LogP contribution is -2.32. The fraction of sp³-hybridized carbons (Fsp3) is 0.565. The van der Waals surface area contributed by atoms with E-state index in [4.69, 9.17) is 9.47 Å². The Kier molecular flexibility index (Phi) is 8.37. The highest BCUT2D eigenvalue weighted by Gasteiger charge is 2.30. The molecule has 1 unspecified atom stereocenters. The van der Waals surface area contributed by atoms with Crippen LogP contribution in [-0.2, 0) is 20.3 Å². The number of hydrogen-bond donors (Lipinski definition) is 2. The Morgan fingerprint density at radius 1 is 1.36 bits per heavy atom. The van der Waals surface area contributed by atoms with Crippen molar-refractivity contribution in [3.8, 4) is 11.6 Å². The van der Waals surface area contributed by atoms with Crippen LogP contribution in [0.1, 0.15) is 63.0 Å². The Labute approximate surface area is 210 Å². The summed E-state index contributed by atoms with van der Waals surface area (Å²) in [5, 5.41) is 18.6. The number of hydrogen-bond acceptors (Lipinski definition) is 8. The lowest BCUT2D eigenvalue weighted by molar-refractivity contribution is -0.385. The highest BCUT2D eigenvalue weighted by molar-refractivity contribution is 7.89. The van der Waals surface area contributed by atoms with E-state index in [0.717, 1.165) is 25.0 Å². The van der Waals surface area contributed by atoms with Gasteiger partial charge in [-0.05, 0) is 53.0 Å².